The van der Waals surface area contributed by atoms with Gasteiger partial charge >= 0.3 is 0 Å². The van der Waals surface area contributed by atoms with Gasteiger partial charge in [0, 0.05) is 13.5 Å². The number of carbonyl (C=O) groups is 1. The molecule has 0 aliphatic rings. The predicted molar refractivity (Wildman–Crippen MR) is 141 cm³/mol. The molecule has 4 nitrogen and oxygen atoms in total. The van der Waals surface area contributed by atoms with E-state index in [0.29, 0.717) is 30.1 Å². The molecule has 0 bridgehead atoms. The van der Waals surface area contributed by atoms with Gasteiger partial charge in [0.15, 0.2) is 5.84 Å². The van der Waals surface area contributed by atoms with Crippen LogP contribution < -0.4 is 5.32 Å². The molecule has 33 heavy (non-hydrogen) atoms. The number of benzene rings is 2. The van der Waals surface area contributed by atoms with Crippen LogP contribution in [0.25, 0.3) is 5.70 Å². The van der Waals surface area contributed by atoms with Crippen molar-refractivity contribution < 1.29 is 4.79 Å². The van der Waals surface area contributed by atoms with Crippen molar-refractivity contribution in [1.29, 1.82) is 0 Å². The quantitative estimate of drug-likeness (QED) is 0.267. The summed E-state index contributed by atoms with van der Waals surface area (Å²) in [6, 6.07) is 19.7. The lowest BCUT2D eigenvalue weighted by Crippen LogP contribution is -2.36. The summed E-state index contributed by atoms with van der Waals surface area (Å²) in [6.07, 6.45) is 13.0. The van der Waals surface area contributed by atoms with E-state index in [1.54, 1.807) is 7.05 Å². The number of nitrogens with zero attached hydrogens (tertiary/aromatic N) is 2. The fraction of sp³-hybridized carbons (Fsp3) is 0.207. The Kier molecular flexibility index (Phi) is 11.0. The van der Waals surface area contributed by atoms with Crippen molar-refractivity contribution in [3.8, 4) is 0 Å². The van der Waals surface area contributed by atoms with Crippen molar-refractivity contribution in [3.05, 3.63) is 115 Å². The molecular formula is C29H33N3O. The maximum Gasteiger partial charge on any atom is 0.225 e. The summed E-state index contributed by atoms with van der Waals surface area (Å²) in [7, 11) is 1.65. The second-order valence-electron chi connectivity index (χ2n) is 7.54. The predicted octanol–water partition coefficient (Wildman–Crippen LogP) is 6.20. The highest BCUT2D eigenvalue weighted by Crippen LogP contribution is 2.14. The van der Waals surface area contributed by atoms with Crippen LogP contribution in [0.2, 0.25) is 0 Å². The van der Waals surface area contributed by atoms with E-state index < -0.39 is 0 Å². The summed E-state index contributed by atoms with van der Waals surface area (Å²) in [4.78, 5) is 21.7. The first-order valence-electron chi connectivity index (χ1n) is 11.1. The lowest BCUT2D eigenvalue weighted by molar-refractivity contribution is -0.119. The van der Waals surface area contributed by atoms with E-state index in [2.05, 4.69) is 29.9 Å². The van der Waals surface area contributed by atoms with Gasteiger partial charge in [0.25, 0.3) is 0 Å². The maximum atomic E-state index is 12.6. The van der Waals surface area contributed by atoms with Crippen molar-refractivity contribution in [2.75, 3.05) is 7.05 Å². The molecule has 1 amide bonds. The molecule has 170 valence electrons. The third-order valence-corrected chi connectivity index (χ3v) is 4.85. The van der Waals surface area contributed by atoms with Crippen LogP contribution in [0.3, 0.4) is 0 Å². The molecule has 0 saturated carbocycles. The van der Waals surface area contributed by atoms with Crippen LogP contribution in [-0.2, 0) is 11.2 Å². The van der Waals surface area contributed by atoms with E-state index >= 15 is 0 Å². The molecule has 2 aromatic rings. The minimum atomic E-state index is -0.105. The lowest BCUT2D eigenvalue weighted by Gasteiger charge is -2.11. The topological polar surface area (TPSA) is 53.8 Å². The molecule has 0 heterocycles. The third-order valence-electron chi connectivity index (χ3n) is 4.85. The second kappa shape index (κ2) is 14.3. The van der Waals surface area contributed by atoms with E-state index in [-0.39, 0.29) is 11.8 Å². The number of rotatable bonds is 10. The highest BCUT2D eigenvalue weighted by Gasteiger charge is 2.12. The Hall–Kier alpha value is -3.79. The molecule has 0 aliphatic heterocycles. The minimum absolute atomic E-state index is 0.105. The van der Waals surface area contributed by atoms with Crippen molar-refractivity contribution in [1.82, 2.24) is 5.32 Å². The first-order valence-corrected chi connectivity index (χ1v) is 11.1. The van der Waals surface area contributed by atoms with Gasteiger partial charge in [-0.25, -0.2) is 4.99 Å². The number of amidine groups is 1. The fourth-order valence-corrected chi connectivity index (χ4v) is 3.00. The highest BCUT2D eigenvalue weighted by atomic mass is 16.1. The number of hydrogen-bond donors (Lipinski definition) is 1. The van der Waals surface area contributed by atoms with Gasteiger partial charge in [0.05, 0.1) is 5.70 Å². The van der Waals surface area contributed by atoms with Crippen LogP contribution >= 0.6 is 0 Å². The zero-order chi connectivity index (χ0) is 23.9. The number of aryl methyl sites for hydroxylation is 1. The minimum Gasteiger partial charge on any atom is -0.309 e. The average Bonchev–Trinajstić information content (AvgIpc) is 2.85. The molecule has 2 aromatic carbocycles. The van der Waals surface area contributed by atoms with E-state index in [1.807, 2.05) is 98.0 Å². The largest absolute Gasteiger partial charge is 0.309 e. The molecule has 0 radical (unpaired) electrons. The van der Waals surface area contributed by atoms with Gasteiger partial charge in [-0.15, -0.1) is 0 Å². The number of allylic oxidation sites excluding steroid dienone is 5. The van der Waals surface area contributed by atoms with Crippen LogP contribution in [-0.4, -0.2) is 24.5 Å². The van der Waals surface area contributed by atoms with Crippen LogP contribution in [0, 0.1) is 5.92 Å². The Morgan fingerprint density at radius 3 is 2.33 bits per heavy atom. The summed E-state index contributed by atoms with van der Waals surface area (Å²) in [5.74, 6) is 0.501. The molecule has 4 heteroatoms. The van der Waals surface area contributed by atoms with E-state index in [0.717, 1.165) is 11.1 Å². The van der Waals surface area contributed by atoms with Gasteiger partial charge in [-0.2, -0.15) is 0 Å². The average molecular weight is 440 g/mol. The lowest BCUT2D eigenvalue weighted by atomic mass is 10.1. The van der Waals surface area contributed by atoms with Gasteiger partial charge in [0.1, 0.15) is 5.71 Å². The smallest absolute Gasteiger partial charge is 0.225 e. The SMILES string of the molecule is C=C(N=C(/C=C/C(C)/C=C\C=C/C)C(=NC)NC(=O)CCc1ccccc1)c1ccccc1. The van der Waals surface area contributed by atoms with Crippen LogP contribution in [0.4, 0.5) is 0 Å². The first kappa shape index (κ1) is 25.5. The van der Waals surface area contributed by atoms with Gasteiger partial charge in [-0.05, 0) is 36.5 Å². The molecule has 0 fully saturated rings. The summed E-state index contributed by atoms with van der Waals surface area (Å²) >= 11 is 0. The highest BCUT2D eigenvalue weighted by molar-refractivity contribution is 6.48. The second-order valence-corrected chi connectivity index (χ2v) is 7.54. The number of nitrogens with one attached hydrogen (secondary N) is 1. The maximum absolute atomic E-state index is 12.6. The molecule has 1 N–H and O–H groups in total. The number of amides is 1. The summed E-state index contributed by atoms with van der Waals surface area (Å²) in [5.41, 5.74) is 3.20. The zero-order valence-corrected chi connectivity index (χ0v) is 19.7. The third kappa shape index (κ3) is 9.48. The fourth-order valence-electron chi connectivity index (χ4n) is 3.00. The zero-order valence-electron chi connectivity index (χ0n) is 19.7. The molecule has 0 aromatic heterocycles. The van der Waals surface area contributed by atoms with Crippen LogP contribution in [0.1, 0.15) is 31.4 Å². The number of carbonyl (C=O) groups excluding carboxylic acids is 1. The van der Waals surface area contributed by atoms with Crippen molar-refractivity contribution in [2.24, 2.45) is 15.9 Å². The van der Waals surface area contributed by atoms with Crippen molar-refractivity contribution >= 4 is 23.2 Å². The summed E-state index contributed by atoms with van der Waals surface area (Å²) in [5, 5.41) is 2.93. The Bertz CT molecular complexity index is 1040. The van der Waals surface area contributed by atoms with Gasteiger partial charge in [-0.3, -0.25) is 9.79 Å². The molecule has 0 aliphatic carbocycles. The normalized spacial score (nSPS) is 13.7. The number of aliphatic imine (C=N–C) groups is 2. The Balaban J connectivity index is 2.20. The summed E-state index contributed by atoms with van der Waals surface area (Å²) in [6.45, 7) is 8.18. The van der Waals surface area contributed by atoms with E-state index in [9.17, 15) is 4.79 Å². The standard InChI is InChI=1S/C29H33N3O/c1-5-6-9-14-23(2)19-21-27(31-24(3)26-17-12-8-13-18-26)29(30-4)32-28(33)22-20-25-15-10-7-11-16-25/h5-19,21,23H,3,20,22H2,1-2,4H3,(H,30,32,33)/b6-5-,14-9-,21-19+,31-27?. The Labute approximate surface area is 197 Å². The van der Waals surface area contributed by atoms with Gasteiger partial charge in [-0.1, -0.05) is 105 Å². The summed E-state index contributed by atoms with van der Waals surface area (Å²) < 4.78 is 0. The number of hydrogen-bond acceptors (Lipinski definition) is 3. The van der Waals surface area contributed by atoms with Gasteiger partial charge < -0.3 is 5.32 Å². The van der Waals surface area contributed by atoms with Crippen LogP contribution in [0.15, 0.2) is 114 Å². The molecule has 1 unspecified atom stereocenters. The molecule has 2 rings (SSSR count). The Morgan fingerprint density at radius 2 is 1.70 bits per heavy atom. The Morgan fingerprint density at radius 1 is 1.03 bits per heavy atom. The molecule has 1 atom stereocenters. The van der Waals surface area contributed by atoms with Crippen molar-refractivity contribution in [3.63, 3.8) is 0 Å². The molecule has 0 saturated heterocycles. The monoisotopic (exact) mass is 439 g/mol. The van der Waals surface area contributed by atoms with E-state index in [1.165, 1.54) is 0 Å². The van der Waals surface area contributed by atoms with Crippen molar-refractivity contribution in [2.45, 2.75) is 26.7 Å². The van der Waals surface area contributed by atoms with Crippen LogP contribution in [0.5, 0.6) is 0 Å². The van der Waals surface area contributed by atoms with Gasteiger partial charge in [0.2, 0.25) is 5.91 Å². The molecule has 0 spiro atoms. The first-order chi connectivity index (χ1) is 16.0. The molecular weight excluding hydrogens is 406 g/mol. The van der Waals surface area contributed by atoms with E-state index in [4.69, 9.17) is 4.99 Å².